The number of anilines is 1. The Balaban J connectivity index is 2.14. The SMILES string of the molecule is Cc1c(N)cc(Br)cc1C(=O)NCc1ccon1. The van der Waals surface area contributed by atoms with Crippen molar-refractivity contribution in [2.45, 2.75) is 13.5 Å². The molecule has 1 amide bonds. The fourth-order valence-electron chi connectivity index (χ4n) is 1.53. The molecular formula is C12H12BrN3O2. The van der Waals surface area contributed by atoms with Gasteiger partial charge in [-0.15, -0.1) is 0 Å². The van der Waals surface area contributed by atoms with E-state index in [1.54, 1.807) is 18.2 Å². The van der Waals surface area contributed by atoms with Gasteiger partial charge in [0.1, 0.15) is 12.0 Å². The van der Waals surface area contributed by atoms with Gasteiger partial charge in [0.15, 0.2) is 0 Å². The summed E-state index contributed by atoms with van der Waals surface area (Å²) in [5.74, 6) is -0.191. The first-order valence-electron chi connectivity index (χ1n) is 5.31. The zero-order valence-corrected chi connectivity index (χ0v) is 11.3. The summed E-state index contributed by atoms with van der Waals surface area (Å²) < 4.78 is 5.46. The number of carbonyl (C=O) groups excluding carboxylic acids is 1. The van der Waals surface area contributed by atoms with Crippen molar-refractivity contribution >= 4 is 27.5 Å². The number of nitrogens with zero attached hydrogens (tertiary/aromatic N) is 1. The molecule has 0 aliphatic carbocycles. The van der Waals surface area contributed by atoms with Crippen molar-refractivity contribution in [2.24, 2.45) is 0 Å². The van der Waals surface area contributed by atoms with E-state index in [-0.39, 0.29) is 5.91 Å². The molecule has 0 aliphatic heterocycles. The molecule has 1 aromatic heterocycles. The first-order chi connectivity index (χ1) is 8.58. The van der Waals surface area contributed by atoms with Crippen molar-refractivity contribution in [3.8, 4) is 0 Å². The van der Waals surface area contributed by atoms with E-state index in [9.17, 15) is 4.79 Å². The molecule has 0 fully saturated rings. The summed E-state index contributed by atoms with van der Waals surface area (Å²) in [6.07, 6.45) is 1.46. The Kier molecular flexibility index (Phi) is 3.66. The van der Waals surface area contributed by atoms with E-state index < -0.39 is 0 Å². The Morgan fingerprint density at radius 2 is 2.33 bits per heavy atom. The van der Waals surface area contributed by atoms with E-state index in [0.717, 1.165) is 10.0 Å². The van der Waals surface area contributed by atoms with Gasteiger partial charge < -0.3 is 15.6 Å². The Morgan fingerprint density at radius 1 is 1.56 bits per heavy atom. The average Bonchev–Trinajstić information content (AvgIpc) is 2.83. The molecule has 0 unspecified atom stereocenters. The van der Waals surface area contributed by atoms with Crippen LogP contribution in [0, 0.1) is 6.92 Å². The number of halogens is 1. The average molecular weight is 310 g/mol. The monoisotopic (exact) mass is 309 g/mol. The van der Waals surface area contributed by atoms with E-state index in [1.807, 2.05) is 6.92 Å². The fourth-order valence-corrected chi connectivity index (χ4v) is 2.01. The van der Waals surface area contributed by atoms with Gasteiger partial charge in [0.2, 0.25) is 0 Å². The number of aromatic nitrogens is 1. The van der Waals surface area contributed by atoms with Gasteiger partial charge in [0.25, 0.3) is 5.91 Å². The third-order valence-electron chi connectivity index (χ3n) is 2.58. The number of nitrogens with two attached hydrogens (primary N) is 1. The molecule has 2 aromatic rings. The fraction of sp³-hybridized carbons (Fsp3) is 0.167. The highest BCUT2D eigenvalue weighted by Gasteiger charge is 2.12. The lowest BCUT2D eigenvalue weighted by Crippen LogP contribution is -2.24. The van der Waals surface area contributed by atoms with E-state index in [2.05, 4.69) is 30.9 Å². The van der Waals surface area contributed by atoms with Crippen LogP contribution in [0.2, 0.25) is 0 Å². The van der Waals surface area contributed by atoms with Crippen molar-refractivity contribution in [3.05, 3.63) is 45.8 Å². The molecule has 0 spiro atoms. The second-order valence-corrected chi connectivity index (χ2v) is 4.76. The first kappa shape index (κ1) is 12.6. The van der Waals surface area contributed by atoms with Crippen molar-refractivity contribution in [2.75, 3.05) is 5.73 Å². The normalized spacial score (nSPS) is 10.3. The standard InChI is InChI=1S/C12H12BrN3O2/c1-7-10(4-8(13)5-11(7)14)12(17)15-6-9-2-3-18-16-9/h2-5H,6,14H2,1H3,(H,15,17). The van der Waals surface area contributed by atoms with Gasteiger partial charge in [-0.05, 0) is 24.6 Å². The summed E-state index contributed by atoms with van der Waals surface area (Å²) >= 11 is 3.32. The summed E-state index contributed by atoms with van der Waals surface area (Å²) in [6.45, 7) is 2.13. The van der Waals surface area contributed by atoms with Gasteiger partial charge in [-0.25, -0.2) is 0 Å². The third kappa shape index (κ3) is 2.70. The Bertz CT molecular complexity index is 567. The molecular weight excluding hydrogens is 298 g/mol. The molecule has 5 nitrogen and oxygen atoms in total. The highest BCUT2D eigenvalue weighted by Crippen LogP contribution is 2.22. The smallest absolute Gasteiger partial charge is 0.251 e. The molecule has 94 valence electrons. The van der Waals surface area contributed by atoms with E-state index in [0.29, 0.717) is 23.5 Å². The lowest BCUT2D eigenvalue weighted by molar-refractivity contribution is 0.0949. The van der Waals surface area contributed by atoms with Gasteiger partial charge in [0, 0.05) is 21.8 Å². The van der Waals surface area contributed by atoms with Crippen LogP contribution in [0.1, 0.15) is 21.6 Å². The lowest BCUT2D eigenvalue weighted by Gasteiger charge is -2.09. The maximum Gasteiger partial charge on any atom is 0.251 e. The summed E-state index contributed by atoms with van der Waals surface area (Å²) in [4.78, 5) is 12.0. The van der Waals surface area contributed by atoms with Crippen LogP contribution < -0.4 is 11.1 Å². The Morgan fingerprint density at radius 3 is 3.00 bits per heavy atom. The van der Waals surface area contributed by atoms with E-state index in [1.165, 1.54) is 6.26 Å². The molecule has 1 aromatic carbocycles. The molecule has 2 rings (SSSR count). The minimum Gasteiger partial charge on any atom is -0.398 e. The Labute approximate surface area is 112 Å². The van der Waals surface area contributed by atoms with Crippen LogP contribution in [-0.4, -0.2) is 11.1 Å². The predicted octanol–water partition coefficient (Wildman–Crippen LogP) is 2.26. The van der Waals surface area contributed by atoms with Crippen LogP contribution in [0.3, 0.4) is 0 Å². The molecule has 6 heteroatoms. The largest absolute Gasteiger partial charge is 0.398 e. The lowest BCUT2D eigenvalue weighted by atomic mass is 10.1. The Hall–Kier alpha value is -1.82. The molecule has 0 saturated carbocycles. The van der Waals surface area contributed by atoms with Gasteiger partial charge in [0.05, 0.1) is 6.54 Å². The molecule has 0 bridgehead atoms. The number of amides is 1. The second-order valence-electron chi connectivity index (χ2n) is 3.84. The van der Waals surface area contributed by atoms with E-state index >= 15 is 0 Å². The molecule has 0 aliphatic rings. The quantitative estimate of drug-likeness (QED) is 0.852. The minimum absolute atomic E-state index is 0.191. The third-order valence-corrected chi connectivity index (χ3v) is 3.04. The maximum absolute atomic E-state index is 12.0. The first-order valence-corrected chi connectivity index (χ1v) is 6.10. The van der Waals surface area contributed by atoms with Crippen LogP contribution in [0.15, 0.2) is 33.5 Å². The zero-order chi connectivity index (χ0) is 13.1. The summed E-state index contributed by atoms with van der Waals surface area (Å²) in [6, 6.07) is 5.20. The molecule has 0 atom stereocenters. The minimum atomic E-state index is -0.191. The highest BCUT2D eigenvalue weighted by atomic mass is 79.9. The van der Waals surface area contributed by atoms with Gasteiger partial charge in [-0.2, -0.15) is 0 Å². The summed E-state index contributed by atoms with van der Waals surface area (Å²) in [7, 11) is 0. The molecule has 3 N–H and O–H groups in total. The molecule has 18 heavy (non-hydrogen) atoms. The van der Waals surface area contributed by atoms with Gasteiger partial charge in [-0.1, -0.05) is 21.1 Å². The summed E-state index contributed by atoms with van der Waals surface area (Å²) in [5.41, 5.74) is 8.37. The van der Waals surface area contributed by atoms with Crippen molar-refractivity contribution in [3.63, 3.8) is 0 Å². The number of hydrogen-bond donors (Lipinski definition) is 2. The summed E-state index contributed by atoms with van der Waals surface area (Å²) in [5, 5.41) is 6.47. The van der Waals surface area contributed by atoms with Crippen molar-refractivity contribution in [1.29, 1.82) is 0 Å². The topological polar surface area (TPSA) is 81.2 Å². The number of nitrogens with one attached hydrogen (secondary N) is 1. The van der Waals surface area contributed by atoms with Crippen LogP contribution in [0.4, 0.5) is 5.69 Å². The number of nitrogen functional groups attached to an aromatic ring is 1. The number of benzene rings is 1. The van der Waals surface area contributed by atoms with E-state index in [4.69, 9.17) is 5.73 Å². The highest BCUT2D eigenvalue weighted by molar-refractivity contribution is 9.10. The van der Waals surface area contributed by atoms with Crippen LogP contribution in [-0.2, 0) is 6.54 Å². The van der Waals surface area contributed by atoms with Crippen LogP contribution >= 0.6 is 15.9 Å². The van der Waals surface area contributed by atoms with Crippen molar-refractivity contribution in [1.82, 2.24) is 10.5 Å². The number of rotatable bonds is 3. The number of hydrogen-bond acceptors (Lipinski definition) is 4. The van der Waals surface area contributed by atoms with Gasteiger partial charge >= 0.3 is 0 Å². The van der Waals surface area contributed by atoms with Crippen LogP contribution in [0.25, 0.3) is 0 Å². The van der Waals surface area contributed by atoms with Gasteiger partial charge in [-0.3, -0.25) is 4.79 Å². The second kappa shape index (κ2) is 5.22. The zero-order valence-electron chi connectivity index (χ0n) is 9.74. The molecule has 0 saturated heterocycles. The van der Waals surface area contributed by atoms with Crippen molar-refractivity contribution < 1.29 is 9.32 Å². The predicted molar refractivity (Wildman–Crippen MR) is 71.0 cm³/mol. The molecule has 0 radical (unpaired) electrons. The number of carbonyl (C=O) groups is 1. The molecule has 1 heterocycles. The van der Waals surface area contributed by atoms with Crippen LogP contribution in [0.5, 0.6) is 0 Å². The maximum atomic E-state index is 12.0.